The van der Waals surface area contributed by atoms with Crippen molar-refractivity contribution in [3.8, 4) is 0 Å². The van der Waals surface area contributed by atoms with Crippen LogP contribution < -0.4 is 0 Å². The first-order chi connectivity index (χ1) is 8.24. The molecule has 0 nitrogen and oxygen atoms in total. The van der Waals surface area contributed by atoms with E-state index in [0.717, 1.165) is 6.42 Å². The summed E-state index contributed by atoms with van der Waals surface area (Å²) in [4.78, 5) is 2.63. The Morgan fingerprint density at radius 3 is 2.29 bits per heavy atom. The zero-order chi connectivity index (χ0) is 12.1. The average Bonchev–Trinajstić information content (AvgIpc) is 2.30. The lowest BCUT2D eigenvalue weighted by Gasteiger charge is -2.07. The summed E-state index contributed by atoms with van der Waals surface area (Å²) in [5.74, 6) is 0.715. The van der Waals surface area contributed by atoms with E-state index in [4.69, 9.17) is 0 Å². The topological polar surface area (TPSA) is 0 Å². The normalized spacial score (nSPS) is 10.8. The third-order valence-electron chi connectivity index (χ3n) is 2.52. The molecule has 0 saturated heterocycles. The molecule has 0 aliphatic heterocycles. The van der Waals surface area contributed by atoms with Gasteiger partial charge in [-0.2, -0.15) is 0 Å². The van der Waals surface area contributed by atoms with E-state index in [2.05, 4.69) is 68.4 Å². The Balaban J connectivity index is 2.11. The zero-order valence-corrected chi connectivity index (χ0v) is 11.2. The molecule has 0 heterocycles. The zero-order valence-electron chi connectivity index (χ0n) is 10.4. The minimum absolute atomic E-state index is 0.715. The molecule has 0 atom stereocenters. The molecule has 0 aliphatic rings. The van der Waals surface area contributed by atoms with Crippen LogP contribution in [0.5, 0.6) is 0 Å². The van der Waals surface area contributed by atoms with E-state index in [0.29, 0.717) is 5.92 Å². The molecule has 17 heavy (non-hydrogen) atoms. The van der Waals surface area contributed by atoms with Gasteiger partial charge in [-0.25, -0.2) is 0 Å². The van der Waals surface area contributed by atoms with Crippen molar-refractivity contribution in [3.05, 3.63) is 60.2 Å². The molecular formula is C16H18S. The van der Waals surface area contributed by atoms with Gasteiger partial charge >= 0.3 is 0 Å². The number of benzene rings is 2. The van der Waals surface area contributed by atoms with E-state index in [1.54, 1.807) is 0 Å². The van der Waals surface area contributed by atoms with Gasteiger partial charge in [0.2, 0.25) is 0 Å². The Bertz CT molecular complexity index is 460. The van der Waals surface area contributed by atoms with Crippen LogP contribution in [-0.4, -0.2) is 0 Å². The fraction of sp³-hybridized carbons (Fsp3) is 0.250. The summed E-state index contributed by atoms with van der Waals surface area (Å²) in [6.45, 7) is 4.52. The predicted octanol–water partition coefficient (Wildman–Crippen LogP) is 5.04. The second-order valence-electron chi connectivity index (χ2n) is 4.66. The molecule has 0 fully saturated rings. The molecular weight excluding hydrogens is 224 g/mol. The maximum Gasteiger partial charge on any atom is 0.0125 e. The van der Waals surface area contributed by atoms with Crippen molar-refractivity contribution in [1.29, 1.82) is 0 Å². The molecule has 2 rings (SSSR count). The Morgan fingerprint density at radius 1 is 0.882 bits per heavy atom. The van der Waals surface area contributed by atoms with Gasteiger partial charge in [0, 0.05) is 9.79 Å². The molecule has 0 bridgehead atoms. The van der Waals surface area contributed by atoms with Gasteiger partial charge in [0.05, 0.1) is 0 Å². The van der Waals surface area contributed by atoms with Crippen molar-refractivity contribution in [2.24, 2.45) is 5.92 Å². The molecule has 2 aromatic rings. The summed E-state index contributed by atoms with van der Waals surface area (Å²) in [6, 6.07) is 19.4. The van der Waals surface area contributed by atoms with Crippen molar-refractivity contribution >= 4 is 11.8 Å². The molecule has 0 unspecified atom stereocenters. The van der Waals surface area contributed by atoms with Crippen LogP contribution in [0, 0.1) is 5.92 Å². The first-order valence-electron chi connectivity index (χ1n) is 6.06. The maximum atomic E-state index is 2.30. The standard InChI is InChI=1S/C16H18S/c1-13(2)11-14-7-6-10-16(12-14)17-15-8-4-3-5-9-15/h3-10,12-13H,11H2,1-2H3. The van der Waals surface area contributed by atoms with Crippen molar-refractivity contribution in [3.63, 3.8) is 0 Å². The summed E-state index contributed by atoms with van der Waals surface area (Å²) in [6.07, 6.45) is 1.16. The van der Waals surface area contributed by atoms with Crippen LogP contribution in [0.3, 0.4) is 0 Å². The molecule has 1 heteroatoms. The minimum atomic E-state index is 0.715. The van der Waals surface area contributed by atoms with Crippen LogP contribution in [0.15, 0.2) is 64.4 Å². The third kappa shape index (κ3) is 3.94. The summed E-state index contributed by atoms with van der Waals surface area (Å²) in [7, 11) is 0. The lowest BCUT2D eigenvalue weighted by atomic mass is 10.0. The predicted molar refractivity (Wildman–Crippen MR) is 75.5 cm³/mol. The van der Waals surface area contributed by atoms with Gasteiger partial charge in [-0.15, -0.1) is 0 Å². The number of hydrogen-bond acceptors (Lipinski definition) is 1. The maximum absolute atomic E-state index is 2.30. The Labute approximate surface area is 108 Å². The quantitative estimate of drug-likeness (QED) is 0.724. The van der Waals surface area contributed by atoms with Crippen molar-refractivity contribution in [2.75, 3.05) is 0 Å². The van der Waals surface area contributed by atoms with Crippen LogP contribution in [0.4, 0.5) is 0 Å². The first-order valence-corrected chi connectivity index (χ1v) is 6.87. The highest BCUT2D eigenvalue weighted by Gasteiger charge is 2.00. The summed E-state index contributed by atoms with van der Waals surface area (Å²) in [5.41, 5.74) is 1.43. The molecule has 0 saturated carbocycles. The molecule has 0 aliphatic carbocycles. The molecule has 0 N–H and O–H groups in total. The lowest BCUT2D eigenvalue weighted by Crippen LogP contribution is -1.93. The van der Waals surface area contributed by atoms with E-state index in [-0.39, 0.29) is 0 Å². The monoisotopic (exact) mass is 242 g/mol. The van der Waals surface area contributed by atoms with Crippen molar-refractivity contribution in [2.45, 2.75) is 30.1 Å². The van der Waals surface area contributed by atoms with E-state index < -0.39 is 0 Å². The van der Waals surface area contributed by atoms with Gasteiger partial charge in [0.25, 0.3) is 0 Å². The molecule has 0 amide bonds. The van der Waals surface area contributed by atoms with Crippen LogP contribution in [0.2, 0.25) is 0 Å². The molecule has 88 valence electrons. The Morgan fingerprint density at radius 2 is 1.59 bits per heavy atom. The van der Waals surface area contributed by atoms with E-state index >= 15 is 0 Å². The van der Waals surface area contributed by atoms with Crippen LogP contribution in [-0.2, 0) is 6.42 Å². The molecule has 2 aromatic carbocycles. The summed E-state index contributed by atoms with van der Waals surface area (Å²) in [5, 5.41) is 0. The second-order valence-corrected chi connectivity index (χ2v) is 5.81. The fourth-order valence-electron chi connectivity index (χ4n) is 1.83. The molecule has 0 aromatic heterocycles. The van der Waals surface area contributed by atoms with Crippen molar-refractivity contribution in [1.82, 2.24) is 0 Å². The molecule has 0 radical (unpaired) electrons. The smallest absolute Gasteiger partial charge is 0.0125 e. The highest BCUT2D eigenvalue weighted by molar-refractivity contribution is 7.99. The van der Waals surface area contributed by atoms with E-state index in [9.17, 15) is 0 Å². The lowest BCUT2D eigenvalue weighted by molar-refractivity contribution is 0.646. The Hall–Kier alpha value is -1.21. The minimum Gasteiger partial charge on any atom is -0.0901 e. The van der Waals surface area contributed by atoms with Crippen molar-refractivity contribution < 1.29 is 0 Å². The van der Waals surface area contributed by atoms with Gasteiger partial charge < -0.3 is 0 Å². The van der Waals surface area contributed by atoms with Crippen LogP contribution >= 0.6 is 11.8 Å². The fourth-order valence-corrected chi connectivity index (χ4v) is 2.75. The third-order valence-corrected chi connectivity index (χ3v) is 3.52. The average molecular weight is 242 g/mol. The van der Waals surface area contributed by atoms with Crippen LogP contribution in [0.25, 0.3) is 0 Å². The van der Waals surface area contributed by atoms with E-state index in [1.807, 2.05) is 11.8 Å². The van der Waals surface area contributed by atoms with E-state index in [1.165, 1.54) is 15.4 Å². The Kier molecular flexibility index (Phi) is 4.27. The number of hydrogen-bond donors (Lipinski definition) is 0. The largest absolute Gasteiger partial charge is 0.0901 e. The number of rotatable bonds is 4. The highest BCUT2D eigenvalue weighted by Crippen LogP contribution is 2.28. The summed E-state index contributed by atoms with van der Waals surface area (Å²) < 4.78 is 0. The van der Waals surface area contributed by atoms with Gasteiger partial charge in [-0.1, -0.05) is 55.9 Å². The molecule has 0 spiro atoms. The highest BCUT2D eigenvalue weighted by atomic mass is 32.2. The van der Waals surface area contributed by atoms with Gasteiger partial charge in [-0.05, 0) is 42.2 Å². The SMILES string of the molecule is CC(C)Cc1cccc(Sc2ccccc2)c1. The first kappa shape index (κ1) is 12.3. The van der Waals surface area contributed by atoms with Gasteiger partial charge in [-0.3, -0.25) is 0 Å². The van der Waals surface area contributed by atoms with Gasteiger partial charge in [0.1, 0.15) is 0 Å². The van der Waals surface area contributed by atoms with Gasteiger partial charge in [0.15, 0.2) is 0 Å². The summed E-state index contributed by atoms with van der Waals surface area (Å²) >= 11 is 1.83. The second kappa shape index (κ2) is 5.92. The van der Waals surface area contributed by atoms with Crippen LogP contribution in [0.1, 0.15) is 19.4 Å².